The molecule has 0 heterocycles. The van der Waals surface area contributed by atoms with E-state index in [-0.39, 0.29) is 6.04 Å². The summed E-state index contributed by atoms with van der Waals surface area (Å²) in [5.41, 5.74) is 2.43. The van der Waals surface area contributed by atoms with Crippen LogP contribution in [0.25, 0.3) is 0 Å². The highest BCUT2D eigenvalue weighted by Gasteiger charge is 2.12. The molecule has 1 nitrogen and oxygen atoms in total. The quantitative estimate of drug-likeness (QED) is 0.714. The highest BCUT2D eigenvalue weighted by atomic mass is 79.9. The lowest BCUT2D eigenvalue weighted by molar-refractivity contribution is 0.550. The summed E-state index contributed by atoms with van der Waals surface area (Å²) in [6, 6.07) is 14.4. The fourth-order valence-electron chi connectivity index (χ4n) is 2.18. The van der Waals surface area contributed by atoms with Crippen LogP contribution in [0.1, 0.15) is 24.1 Å². The Bertz CT molecular complexity index is 586. The van der Waals surface area contributed by atoms with Crippen molar-refractivity contribution in [2.75, 3.05) is 6.54 Å². The molecule has 0 fully saturated rings. The number of rotatable bonds is 5. The van der Waals surface area contributed by atoms with E-state index >= 15 is 0 Å². The Balaban J connectivity index is 2.24. The molecule has 0 aliphatic rings. The first-order chi connectivity index (χ1) is 9.60. The Labute approximate surface area is 138 Å². The summed E-state index contributed by atoms with van der Waals surface area (Å²) >= 11 is 15.6. The minimum absolute atomic E-state index is 0.226. The van der Waals surface area contributed by atoms with Crippen LogP contribution in [-0.2, 0) is 6.42 Å². The predicted molar refractivity (Wildman–Crippen MR) is 90.7 cm³/mol. The van der Waals surface area contributed by atoms with E-state index in [2.05, 4.69) is 46.4 Å². The zero-order valence-corrected chi connectivity index (χ0v) is 14.3. The summed E-state index contributed by atoms with van der Waals surface area (Å²) in [6.07, 6.45) is 0.908. The van der Waals surface area contributed by atoms with Crippen LogP contribution in [0.4, 0.5) is 0 Å². The lowest BCUT2D eigenvalue weighted by Crippen LogP contribution is -2.23. The van der Waals surface area contributed by atoms with Gasteiger partial charge >= 0.3 is 0 Å². The van der Waals surface area contributed by atoms with Crippen molar-refractivity contribution < 1.29 is 0 Å². The molecule has 1 unspecified atom stereocenters. The summed E-state index contributed by atoms with van der Waals surface area (Å²) in [4.78, 5) is 0. The van der Waals surface area contributed by atoms with Gasteiger partial charge in [0, 0.05) is 10.5 Å². The first kappa shape index (κ1) is 15.8. The normalized spacial score (nSPS) is 12.4. The summed E-state index contributed by atoms with van der Waals surface area (Å²) in [7, 11) is 0. The Hall–Kier alpha value is -0.540. The van der Waals surface area contributed by atoms with E-state index in [1.807, 2.05) is 24.3 Å². The van der Waals surface area contributed by atoms with Crippen LogP contribution < -0.4 is 5.32 Å². The molecule has 0 radical (unpaired) electrons. The van der Waals surface area contributed by atoms with E-state index in [0.29, 0.717) is 10.0 Å². The number of benzene rings is 2. The molecule has 20 heavy (non-hydrogen) atoms. The minimum atomic E-state index is 0.226. The van der Waals surface area contributed by atoms with Gasteiger partial charge in [0.1, 0.15) is 0 Å². The molecule has 0 saturated heterocycles. The third-order valence-corrected chi connectivity index (χ3v) is 4.36. The van der Waals surface area contributed by atoms with Gasteiger partial charge in [-0.15, -0.1) is 0 Å². The van der Waals surface area contributed by atoms with E-state index in [4.69, 9.17) is 23.2 Å². The summed E-state index contributed by atoms with van der Waals surface area (Å²) in [5.74, 6) is 0. The van der Waals surface area contributed by atoms with Crippen molar-refractivity contribution in [2.45, 2.75) is 19.4 Å². The molecule has 0 aromatic heterocycles. The van der Waals surface area contributed by atoms with Crippen molar-refractivity contribution in [1.82, 2.24) is 5.32 Å². The molecular formula is C16H16BrCl2N. The molecule has 0 amide bonds. The van der Waals surface area contributed by atoms with Gasteiger partial charge in [0.2, 0.25) is 0 Å². The minimum Gasteiger partial charge on any atom is -0.310 e. The largest absolute Gasteiger partial charge is 0.310 e. The smallest absolute Gasteiger partial charge is 0.0595 e. The van der Waals surface area contributed by atoms with Crippen LogP contribution in [0.2, 0.25) is 10.0 Å². The van der Waals surface area contributed by atoms with Crippen LogP contribution in [0.3, 0.4) is 0 Å². The van der Waals surface area contributed by atoms with Crippen molar-refractivity contribution in [2.24, 2.45) is 0 Å². The fourth-order valence-corrected chi connectivity index (χ4v) is 2.94. The molecular weight excluding hydrogens is 357 g/mol. The van der Waals surface area contributed by atoms with Crippen molar-refractivity contribution in [3.63, 3.8) is 0 Å². The maximum atomic E-state index is 6.12. The second-order valence-electron chi connectivity index (χ2n) is 4.62. The highest BCUT2D eigenvalue weighted by Crippen LogP contribution is 2.27. The lowest BCUT2D eigenvalue weighted by Gasteiger charge is -2.19. The van der Waals surface area contributed by atoms with Gasteiger partial charge in [0.15, 0.2) is 0 Å². The molecule has 0 aliphatic carbocycles. The molecule has 2 aromatic rings. The number of likely N-dealkylation sites (N-methyl/N-ethyl adjacent to an activating group) is 1. The van der Waals surface area contributed by atoms with Crippen LogP contribution in [0.15, 0.2) is 46.9 Å². The van der Waals surface area contributed by atoms with Crippen molar-refractivity contribution >= 4 is 39.1 Å². The third kappa shape index (κ3) is 4.23. The average Bonchev–Trinajstić information content (AvgIpc) is 2.41. The van der Waals surface area contributed by atoms with Gasteiger partial charge in [-0.2, -0.15) is 0 Å². The maximum Gasteiger partial charge on any atom is 0.0595 e. The third-order valence-electron chi connectivity index (χ3n) is 3.13. The van der Waals surface area contributed by atoms with Crippen molar-refractivity contribution in [1.29, 1.82) is 0 Å². The molecule has 106 valence electrons. The standard InChI is InChI=1S/C16H16BrCl2N/c1-2-20-16(9-11-4-3-5-13(17)8-11)12-6-7-14(18)15(19)10-12/h3-8,10,16,20H,2,9H2,1H3. The van der Waals surface area contributed by atoms with Gasteiger partial charge in [0.05, 0.1) is 10.0 Å². The molecule has 0 saturated carbocycles. The van der Waals surface area contributed by atoms with Gasteiger partial charge in [-0.3, -0.25) is 0 Å². The van der Waals surface area contributed by atoms with Gasteiger partial charge in [0.25, 0.3) is 0 Å². The number of nitrogens with one attached hydrogen (secondary N) is 1. The number of halogens is 3. The first-order valence-electron chi connectivity index (χ1n) is 6.53. The maximum absolute atomic E-state index is 6.12. The molecule has 4 heteroatoms. The zero-order chi connectivity index (χ0) is 14.5. The summed E-state index contributed by atoms with van der Waals surface area (Å²) in [6.45, 7) is 3.00. The molecule has 0 aliphatic heterocycles. The second kappa shape index (κ2) is 7.46. The van der Waals surface area contributed by atoms with Crippen molar-refractivity contribution in [3.05, 3.63) is 68.1 Å². The topological polar surface area (TPSA) is 12.0 Å². The van der Waals surface area contributed by atoms with E-state index in [9.17, 15) is 0 Å². The molecule has 1 atom stereocenters. The van der Waals surface area contributed by atoms with E-state index < -0.39 is 0 Å². The van der Waals surface area contributed by atoms with Gasteiger partial charge in [-0.1, -0.05) is 64.3 Å². The van der Waals surface area contributed by atoms with Crippen LogP contribution >= 0.6 is 39.1 Å². The van der Waals surface area contributed by atoms with Crippen LogP contribution in [0.5, 0.6) is 0 Å². The molecule has 2 rings (SSSR count). The van der Waals surface area contributed by atoms with Crippen LogP contribution in [0, 0.1) is 0 Å². The highest BCUT2D eigenvalue weighted by molar-refractivity contribution is 9.10. The Morgan fingerprint density at radius 2 is 1.90 bits per heavy atom. The average molecular weight is 373 g/mol. The van der Waals surface area contributed by atoms with Gasteiger partial charge in [-0.25, -0.2) is 0 Å². The SMILES string of the molecule is CCNC(Cc1cccc(Br)c1)c1ccc(Cl)c(Cl)c1. The molecule has 1 N–H and O–H groups in total. The molecule has 0 bridgehead atoms. The Morgan fingerprint density at radius 3 is 2.55 bits per heavy atom. The van der Waals surface area contributed by atoms with Gasteiger partial charge < -0.3 is 5.32 Å². The van der Waals surface area contributed by atoms with E-state index in [0.717, 1.165) is 23.0 Å². The fraction of sp³-hybridized carbons (Fsp3) is 0.250. The van der Waals surface area contributed by atoms with Crippen molar-refractivity contribution in [3.8, 4) is 0 Å². The number of hydrogen-bond donors (Lipinski definition) is 1. The number of hydrogen-bond acceptors (Lipinski definition) is 1. The summed E-state index contributed by atoms with van der Waals surface area (Å²) < 4.78 is 1.10. The molecule has 2 aromatic carbocycles. The van der Waals surface area contributed by atoms with Crippen LogP contribution in [-0.4, -0.2) is 6.54 Å². The monoisotopic (exact) mass is 371 g/mol. The predicted octanol–water partition coefficient (Wildman–Crippen LogP) is 5.65. The Morgan fingerprint density at radius 1 is 1.10 bits per heavy atom. The Kier molecular flexibility index (Phi) is 5.91. The second-order valence-corrected chi connectivity index (χ2v) is 6.35. The van der Waals surface area contributed by atoms with Gasteiger partial charge in [-0.05, 0) is 48.4 Å². The zero-order valence-electron chi connectivity index (χ0n) is 11.2. The van der Waals surface area contributed by atoms with E-state index in [1.54, 1.807) is 0 Å². The summed E-state index contributed by atoms with van der Waals surface area (Å²) in [5, 5.41) is 4.69. The van der Waals surface area contributed by atoms with E-state index in [1.165, 1.54) is 5.56 Å². The first-order valence-corrected chi connectivity index (χ1v) is 8.08. The molecule has 0 spiro atoms. The lowest BCUT2D eigenvalue weighted by atomic mass is 9.99.